The molecule has 1 aliphatic carbocycles. The van der Waals surface area contributed by atoms with E-state index < -0.39 is 0 Å². The second kappa shape index (κ2) is 4.36. The topological polar surface area (TPSA) is 21.3 Å². The van der Waals surface area contributed by atoms with Gasteiger partial charge in [-0.15, -0.1) is 0 Å². The van der Waals surface area contributed by atoms with Gasteiger partial charge < -0.3 is 10.1 Å². The first kappa shape index (κ1) is 9.38. The molecule has 2 rings (SSSR count). The van der Waals surface area contributed by atoms with E-state index in [1.807, 2.05) is 19.1 Å². The molecular formula is C12H17NO. The predicted octanol–water partition coefficient (Wildman–Crippen LogP) is 3.05. The fraction of sp³-hybridized carbons (Fsp3) is 0.500. The molecule has 1 fully saturated rings. The van der Waals surface area contributed by atoms with Crippen LogP contribution in [0.2, 0.25) is 0 Å². The van der Waals surface area contributed by atoms with E-state index in [9.17, 15) is 0 Å². The number of anilines is 1. The maximum absolute atomic E-state index is 5.38. The summed E-state index contributed by atoms with van der Waals surface area (Å²) in [4.78, 5) is 0. The van der Waals surface area contributed by atoms with Gasteiger partial charge in [-0.2, -0.15) is 0 Å². The summed E-state index contributed by atoms with van der Waals surface area (Å²) in [6.45, 7) is 2.73. The van der Waals surface area contributed by atoms with Gasteiger partial charge in [0.25, 0.3) is 0 Å². The van der Waals surface area contributed by atoms with Crippen LogP contribution in [0, 0.1) is 0 Å². The maximum Gasteiger partial charge on any atom is 0.119 e. The van der Waals surface area contributed by atoms with Crippen LogP contribution in [-0.4, -0.2) is 12.6 Å². The Kier molecular flexibility index (Phi) is 2.92. The third-order valence-electron chi connectivity index (χ3n) is 2.64. The van der Waals surface area contributed by atoms with Crippen molar-refractivity contribution >= 4 is 5.69 Å². The second-order valence-electron chi connectivity index (χ2n) is 3.73. The minimum absolute atomic E-state index is 0.702. The van der Waals surface area contributed by atoms with Gasteiger partial charge in [0.15, 0.2) is 0 Å². The number of benzene rings is 1. The Morgan fingerprint density at radius 1 is 1.29 bits per heavy atom. The minimum Gasteiger partial charge on any atom is -0.494 e. The van der Waals surface area contributed by atoms with Crippen LogP contribution in [0.3, 0.4) is 0 Å². The summed E-state index contributed by atoms with van der Waals surface area (Å²) < 4.78 is 5.38. The molecule has 0 unspecified atom stereocenters. The molecule has 1 N–H and O–H groups in total. The summed E-state index contributed by atoms with van der Waals surface area (Å²) in [5, 5.41) is 3.49. The van der Waals surface area contributed by atoms with Crippen molar-refractivity contribution in [2.45, 2.75) is 32.2 Å². The maximum atomic E-state index is 5.38. The number of ether oxygens (including phenoxy) is 1. The molecule has 0 aliphatic heterocycles. The first-order chi connectivity index (χ1) is 6.88. The van der Waals surface area contributed by atoms with Crippen LogP contribution >= 0.6 is 0 Å². The van der Waals surface area contributed by atoms with E-state index in [4.69, 9.17) is 4.74 Å². The Hall–Kier alpha value is -1.18. The van der Waals surface area contributed by atoms with Crippen molar-refractivity contribution in [1.82, 2.24) is 0 Å². The average molecular weight is 191 g/mol. The molecule has 0 atom stereocenters. The molecular weight excluding hydrogens is 174 g/mol. The molecule has 0 aromatic heterocycles. The lowest BCUT2D eigenvalue weighted by Crippen LogP contribution is -2.26. The van der Waals surface area contributed by atoms with E-state index in [2.05, 4.69) is 17.4 Å². The Bertz CT molecular complexity index is 277. The van der Waals surface area contributed by atoms with Gasteiger partial charge in [-0.3, -0.25) is 0 Å². The number of hydrogen-bond acceptors (Lipinski definition) is 2. The van der Waals surface area contributed by atoms with E-state index in [0.29, 0.717) is 6.04 Å². The quantitative estimate of drug-likeness (QED) is 0.789. The Balaban J connectivity index is 1.91. The summed E-state index contributed by atoms with van der Waals surface area (Å²) in [6.07, 6.45) is 4.00. The smallest absolute Gasteiger partial charge is 0.119 e. The molecule has 2 nitrogen and oxygen atoms in total. The van der Waals surface area contributed by atoms with Crippen molar-refractivity contribution in [3.8, 4) is 5.75 Å². The number of rotatable bonds is 4. The first-order valence-electron chi connectivity index (χ1n) is 5.38. The fourth-order valence-electron chi connectivity index (χ4n) is 1.60. The van der Waals surface area contributed by atoms with Gasteiger partial charge in [0, 0.05) is 11.7 Å². The Labute approximate surface area is 85.3 Å². The molecule has 0 radical (unpaired) electrons. The van der Waals surface area contributed by atoms with Crippen LogP contribution in [0.4, 0.5) is 5.69 Å². The molecule has 0 amide bonds. The van der Waals surface area contributed by atoms with Crippen molar-refractivity contribution in [1.29, 1.82) is 0 Å². The molecule has 1 aromatic rings. The van der Waals surface area contributed by atoms with Crippen LogP contribution < -0.4 is 10.1 Å². The minimum atomic E-state index is 0.702. The van der Waals surface area contributed by atoms with Crippen LogP contribution in [0.25, 0.3) is 0 Å². The van der Waals surface area contributed by atoms with E-state index in [1.165, 1.54) is 24.9 Å². The summed E-state index contributed by atoms with van der Waals surface area (Å²) >= 11 is 0. The molecule has 0 heterocycles. The fourth-order valence-corrected chi connectivity index (χ4v) is 1.60. The van der Waals surface area contributed by atoms with Crippen LogP contribution in [0.5, 0.6) is 5.75 Å². The number of hydrogen-bond donors (Lipinski definition) is 1. The lowest BCUT2D eigenvalue weighted by atomic mass is 9.93. The van der Waals surface area contributed by atoms with E-state index in [0.717, 1.165) is 12.4 Å². The van der Waals surface area contributed by atoms with E-state index in [-0.39, 0.29) is 0 Å². The van der Waals surface area contributed by atoms with Gasteiger partial charge in [-0.05, 0) is 50.5 Å². The summed E-state index contributed by atoms with van der Waals surface area (Å²) in [5.74, 6) is 0.951. The molecule has 14 heavy (non-hydrogen) atoms. The predicted molar refractivity (Wildman–Crippen MR) is 58.9 cm³/mol. The van der Waals surface area contributed by atoms with Crippen molar-refractivity contribution in [3.63, 3.8) is 0 Å². The zero-order valence-electron chi connectivity index (χ0n) is 8.62. The standard InChI is InChI=1S/C12H17NO/c1-2-14-12-8-6-11(7-9-12)13-10-4-3-5-10/h6-10,13H,2-5H2,1H3. The lowest BCUT2D eigenvalue weighted by molar-refractivity contribution is 0.340. The Morgan fingerprint density at radius 2 is 2.00 bits per heavy atom. The first-order valence-corrected chi connectivity index (χ1v) is 5.38. The normalized spacial score (nSPS) is 16.1. The van der Waals surface area contributed by atoms with Gasteiger partial charge in [0.1, 0.15) is 5.75 Å². The van der Waals surface area contributed by atoms with Crippen molar-refractivity contribution in [2.24, 2.45) is 0 Å². The van der Waals surface area contributed by atoms with Gasteiger partial charge in [-0.1, -0.05) is 0 Å². The molecule has 1 aliphatic rings. The van der Waals surface area contributed by atoms with Crippen molar-refractivity contribution in [3.05, 3.63) is 24.3 Å². The van der Waals surface area contributed by atoms with Crippen molar-refractivity contribution < 1.29 is 4.74 Å². The van der Waals surface area contributed by atoms with Crippen LogP contribution in [-0.2, 0) is 0 Å². The van der Waals surface area contributed by atoms with E-state index >= 15 is 0 Å². The second-order valence-corrected chi connectivity index (χ2v) is 3.73. The highest BCUT2D eigenvalue weighted by Crippen LogP contribution is 2.24. The third-order valence-corrected chi connectivity index (χ3v) is 2.64. The van der Waals surface area contributed by atoms with E-state index in [1.54, 1.807) is 0 Å². The average Bonchev–Trinajstić information content (AvgIpc) is 2.14. The zero-order chi connectivity index (χ0) is 9.80. The van der Waals surface area contributed by atoms with Gasteiger partial charge in [0.05, 0.1) is 6.61 Å². The SMILES string of the molecule is CCOc1ccc(NC2CCC2)cc1. The molecule has 0 bridgehead atoms. The van der Waals surface area contributed by atoms with Gasteiger partial charge in [-0.25, -0.2) is 0 Å². The molecule has 76 valence electrons. The highest BCUT2D eigenvalue weighted by atomic mass is 16.5. The van der Waals surface area contributed by atoms with Crippen molar-refractivity contribution in [2.75, 3.05) is 11.9 Å². The monoisotopic (exact) mass is 191 g/mol. The van der Waals surface area contributed by atoms with Crippen LogP contribution in [0.15, 0.2) is 24.3 Å². The zero-order valence-corrected chi connectivity index (χ0v) is 8.62. The molecule has 1 saturated carbocycles. The molecule has 0 saturated heterocycles. The Morgan fingerprint density at radius 3 is 2.50 bits per heavy atom. The summed E-state index contributed by atoms with van der Waals surface area (Å²) in [6, 6.07) is 8.91. The molecule has 2 heteroatoms. The molecule has 1 aromatic carbocycles. The summed E-state index contributed by atoms with van der Waals surface area (Å²) in [7, 11) is 0. The van der Waals surface area contributed by atoms with Gasteiger partial charge >= 0.3 is 0 Å². The highest BCUT2D eigenvalue weighted by Gasteiger charge is 2.16. The molecule has 0 spiro atoms. The summed E-state index contributed by atoms with van der Waals surface area (Å²) in [5.41, 5.74) is 1.21. The third kappa shape index (κ3) is 2.19. The lowest BCUT2D eigenvalue weighted by Gasteiger charge is -2.27. The van der Waals surface area contributed by atoms with Gasteiger partial charge in [0.2, 0.25) is 0 Å². The largest absolute Gasteiger partial charge is 0.494 e. The highest BCUT2D eigenvalue weighted by molar-refractivity contribution is 5.47. The number of nitrogens with one attached hydrogen (secondary N) is 1. The van der Waals surface area contributed by atoms with Crippen LogP contribution in [0.1, 0.15) is 26.2 Å².